The van der Waals surface area contributed by atoms with Gasteiger partial charge in [0, 0.05) is 11.1 Å². The van der Waals surface area contributed by atoms with Gasteiger partial charge in [-0.1, -0.05) is 38.0 Å². The zero-order chi connectivity index (χ0) is 15.5. The van der Waals surface area contributed by atoms with Gasteiger partial charge in [0.1, 0.15) is 10.6 Å². The Kier molecular flexibility index (Phi) is 7.35. The van der Waals surface area contributed by atoms with Crippen molar-refractivity contribution in [2.24, 2.45) is 0 Å². The Morgan fingerprint density at radius 3 is 2.50 bits per heavy atom. The fraction of sp³-hybridized carbons (Fsp3) is 0.375. The van der Waals surface area contributed by atoms with Crippen molar-refractivity contribution in [3.05, 3.63) is 35.9 Å². The molecule has 6 heteroatoms. The zero-order valence-electron chi connectivity index (χ0n) is 14.3. The van der Waals surface area contributed by atoms with Crippen LogP contribution in [0.1, 0.15) is 33.2 Å². The minimum Gasteiger partial charge on any atom is -1.00 e. The van der Waals surface area contributed by atoms with Crippen LogP contribution in [0.3, 0.4) is 0 Å². The van der Waals surface area contributed by atoms with Crippen LogP contribution in [-0.4, -0.2) is 20.1 Å². The number of ether oxygens (including phenoxy) is 1. The van der Waals surface area contributed by atoms with Crippen LogP contribution in [0.4, 0.5) is 0 Å². The Bertz CT molecular complexity index is 703. The molecule has 2 aliphatic rings. The third-order valence-electron chi connectivity index (χ3n) is 3.58. The van der Waals surface area contributed by atoms with Crippen LogP contribution in [0, 0.1) is 0 Å². The topological polar surface area (TPSA) is 63.6 Å². The fourth-order valence-electron chi connectivity index (χ4n) is 2.58. The van der Waals surface area contributed by atoms with Gasteiger partial charge in [0.25, 0.3) is 10.1 Å². The van der Waals surface area contributed by atoms with Gasteiger partial charge in [-0.2, -0.15) is 8.42 Å². The number of rotatable bonds is 6. The van der Waals surface area contributed by atoms with E-state index in [1.165, 1.54) is 0 Å². The normalized spacial score (nSPS) is 11.2. The number of hydrogen-bond donors (Lipinski definition) is 1. The molecule has 0 spiro atoms. The summed E-state index contributed by atoms with van der Waals surface area (Å²) in [5, 5.41) is 0. The maximum Gasteiger partial charge on any atom is 1.00 e. The van der Waals surface area contributed by atoms with Crippen molar-refractivity contribution in [3.8, 4) is 16.9 Å². The Hall–Kier alpha value is -0.590. The van der Waals surface area contributed by atoms with E-state index in [9.17, 15) is 13.0 Å². The Morgan fingerprint density at radius 1 is 1.23 bits per heavy atom. The first-order valence-corrected chi connectivity index (χ1v) is 8.49. The van der Waals surface area contributed by atoms with Crippen LogP contribution in [0.5, 0.6) is 5.75 Å². The Labute approximate surface area is 155 Å². The minimum atomic E-state index is -4.25. The molecule has 0 saturated heterocycles. The molecule has 0 radical (unpaired) electrons. The molecule has 0 aromatic carbocycles. The largest absolute Gasteiger partial charge is 1.00 e. The van der Waals surface area contributed by atoms with Crippen molar-refractivity contribution in [1.82, 2.24) is 0 Å². The van der Waals surface area contributed by atoms with E-state index in [1.807, 2.05) is 0 Å². The van der Waals surface area contributed by atoms with Gasteiger partial charge in [-0.05, 0) is 30.5 Å². The van der Waals surface area contributed by atoms with Crippen molar-refractivity contribution in [3.63, 3.8) is 0 Å². The summed E-state index contributed by atoms with van der Waals surface area (Å²) in [5.74, 6) is 0.622. The van der Waals surface area contributed by atoms with Crippen molar-refractivity contribution < 1.29 is 48.7 Å². The van der Waals surface area contributed by atoms with E-state index in [-0.39, 0.29) is 35.9 Å². The van der Waals surface area contributed by atoms with Crippen LogP contribution < -0.4 is 34.3 Å². The summed E-state index contributed by atoms with van der Waals surface area (Å²) in [6, 6.07) is 8.61. The van der Waals surface area contributed by atoms with E-state index in [1.54, 1.807) is 37.4 Å². The number of aryl methyl sites for hydroxylation is 1. The molecule has 0 unspecified atom stereocenters. The van der Waals surface area contributed by atoms with Crippen LogP contribution in [0.15, 0.2) is 35.2 Å². The molecule has 0 amide bonds. The number of fused-ring (bicyclic) bond motifs is 1. The molecule has 0 aromatic heterocycles. The summed E-state index contributed by atoms with van der Waals surface area (Å²) in [6.45, 7) is 2.12. The first kappa shape index (κ1) is 19.5. The first-order chi connectivity index (χ1) is 9.99. The van der Waals surface area contributed by atoms with Gasteiger partial charge < -0.3 is 6.16 Å². The summed E-state index contributed by atoms with van der Waals surface area (Å²) < 4.78 is 38.0. The smallest absolute Gasteiger partial charge is 1.00 e. The quantitative estimate of drug-likeness (QED) is 0.485. The molecule has 0 saturated carbocycles. The van der Waals surface area contributed by atoms with Gasteiger partial charge in [-0.25, -0.2) is 0 Å². The molecule has 0 heterocycles. The number of hydrogen-bond acceptors (Lipinski definition) is 3. The fourth-order valence-corrected chi connectivity index (χ4v) is 3.32. The second-order valence-corrected chi connectivity index (χ2v) is 6.43. The molecule has 0 fully saturated rings. The molecular formula is C16H21NaO4S. The molecule has 22 heavy (non-hydrogen) atoms. The molecule has 116 valence electrons. The van der Waals surface area contributed by atoms with Crippen molar-refractivity contribution >= 4 is 10.1 Å². The predicted molar refractivity (Wildman–Crippen MR) is 83.8 cm³/mol. The molecule has 2 rings (SSSR count). The van der Waals surface area contributed by atoms with Crippen molar-refractivity contribution in [1.29, 1.82) is 0 Å². The summed E-state index contributed by atoms with van der Waals surface area (Å²) >= 11 is 0. The molecule has 0 aliphatic heterocycles. The monoisotopic (exact) mass is 332 g/mol. The van der Waals surface area contributed by atoms with Crippen LogP contribution in [0.25, 0.3) is 11.1 Å². The second-order valence-electron chi connectivity index (χ2n) is 5.04. The SMILES string of the molecule is CCCCCc1cc(S(=O)(=O)O)c2ccccc(OC)c1-2.[H-].[Na+]. The summed E-state index contributed by atoms with van der Waals surface area (Å²) in [6.07, 6.45) is 3.91. The second kappa shape index (κ2) is 8.31. The molecule has 4 nitrogen and oxygen atoms in total. The predicted octanol–water partition coefficient (Wildman–Crippen LogP) is 0.896. The molecule has 1 N–H and O–H groups in total. The van der Waals surface area contributed by atoms with Gasteiger partial charge in [0.15, 0.2) is 0 Å². The standard InChI is InChI=1S/C16H20O4S.Na.H/c1-3-4-5-8-12-11-15(21(17,18)19)13-9-6-7-10-14(20-2)16(12)13;;/h6-7,9-11H,3-5,8H2,1-2H3,(H,17,18,19);;/q;+1;-1. The molecule has 0 aromatic rings. The van der Waals surface area contributed by atoms with E-state index in [0.717, 1.165) is 36.8 Å². The summed E-state index contributed by atoms with van der Waals surface area (Å²) in [4.78, 5) is -0.0431. The maximum absolute atomic E-state index is 11.6. The van der Waals surface area contributed by atoms with Crippen molar-refractivity contribution in [2.45, 2.75) is 37.5 Å². The third kappa shape index (κ3) is 4.24. The first-order valence-electron chi connectivity index (χ1n) is 7.05. The summed E-state index contributed by atoms with van der Waals surface area (Å²) in [5.41, 5.74) is 2.18. The van der Waals surface area contributed by atoms with Crippen LogP contribution in [0.2, 0.25) is 0 Å². The third-order valence-corrected chi connectivity index (χ3v) is 4.47. The summed E-state index contributed by atoms with van der Waals surface area (Å²) in [7, 11) is -2.69. The Morgan fingerprint density at radius 2 is 1.91 bits per heavy atom. The average Bonchev–Trinajstić information content (AvgIpc) is 2.66. The van der Waals surface area contributed by atoms with Gasteiger partial charge in [-0.3, -0.25) is 4.55 Å². The van der Waals surface area contributed by atoms with Crippen LogP contribution in [-0.2, 0) is 16.5 Å². The Balaban J connectivity index is 0.00000242. The van der Waals surface area contributed by atoms with E-state index in [2.05, 4.69) is 6.92 Å². The average molecular weight is 332 g/mol. The van der Waals surface area contributed by atoms with Gasteiger partial charge in [0.05, 0.1) is 7.11 Å². The maximum atomic E-state index is 11.6. The minimum absolute atomic E-state index is 0. The number of methoxy groups -OCH3 is 1. The van der Waals surface area contributed by atoms with E-state index in [4.69, 9.17) is 4.74 Å². The van der Waals surface area contributed by atoms with E-state index >= 15 is 0 Å². The van der Waals surface area contributed by atoms with Gasteiger partial charge in [-0.15, -0.1) is 0 Å². The van der Waals surface area contributed by atoms with Crippen molar-refractivity contribution in [2.75, 3.05) is 7.11 Å². The van der Waals surface area contributed by atoms with E-state index in [0.29, 0.717) is 11.3 Å². The zero-order valence-corrected chi connectivity index (χ0v) is 16.1. The van der Waals surface area contributed by atoms with Gasteiger partial charge >= 0.3 is 29.6 Å². The van der Waals surface area contributed by atoms with Crippen LogP contribution >= 0.6 is 0 Å². The molecule has 2 aliphatic carbocycles. The molecule has 0 bridgehead atoms. The molecule has 0 atom stereocenters. The number of unbranched alkanes of at least 4 members (excludes halogenated alkanes) is 2. The molecular weight excluding hydrogens is 311 g/mol. The van der Waals surface area contributed by atoms with E-state index < -0.39 is 10.1 Å². The van der Waals surface area contributed by atoms with Gasteiger partial charge in [0.2, 0.25) is 0 Å².